The Kier molecular flexibility index (Phi) is 7.67. The first kappa shape index (κ1) is 11.6. The molecule has 11 heavy (non-hydrogen) atoms. The van der Waals surface area contributed by atoms with Gasteiger partial charge >= 0.3 is 21.1 Å². The predicted molar refractivity (Wildman–Crippen MR) is 34.6 cm³/mol. The lowest BCUT2D eigenvalue weighted by molar-refractivity contribution is -1.63. The molecule has 0 heterocycles. The molecule has 0 unspecified atom stereocenters. The highest BCUT2D eigenvalue weighted by molar-refractivity contribution is 4.44. The van der Waals surface area contributed by atoms with Crippen LogP contribution in [-0.4, -0.2) is 6.61 Å². The number of rotatable bonds is 6. The summed E-state index contributed by atoms with van der Waals surface area (Å²) in [6.45, 7) is 4.69. The first-order valence-electron chi connectivity index (χ1n) is 3.81. The van der Waals surface area contributed by atoms with Crippen LogP contribution in [0.25, 0.3) is 0 Å². The minimum atomic E-state index is -3.38. The Morgan fingerprint density at radius 2 is 1.91 bits per heavy atom. The molecule has 0 rings (SSSR count). The van der Waals surface area contributed by atoms with Crippen molar-refractivity contribution in [3.05, 3.63) is 0 Å². The number of halogens is 1. The van der Waals surface area contributed by atoms with Gasteiger partial charge < -0.3 is 6.87 Å². The lowest BCUT2D eigenvalue weighted by atomic mass is 10.1. The zero-order valence-electron chi connectivity index (χ0n) is 7.01. The molecular weight excluding hydrogens is 259 g/mol. The highest BCUT2D eigenvalue weighted by Crippen LogP contribution is 2.04. The van der Waals surface area contributed by atoms with E-state index in [9.17, 15) is 6.87 Å². The summed E-state index contributed by atoms with van der Waals surface area (Å²) in [4.78, 5) is 0. The lowest BCUT2D eigenvalue weighted by Gasteiger charge is -2.01. The fraction of sp³-hybridized carbons (Fsp3) is 1.00. The summed E-state index contributed by atoms with van der Waals surface area (Å²) in [6, 6.07) is 0. The van der Waals surface area contributed by atoms with Crippen molar-refractivity contribution < 1.29 is 31.0 Å². The van der Waals surface area contributed by atoms with Crippen molar-refractivity contribution >= 4 is 0 Å². The van der Waals surface area contributed by atoms with Crippen molar-refractivity contribution in [1.82, 2.24) is 0 Å². The van der Waals surface area contributed by atoms with Crippen molar-refractivity contribution in [3.63, 3.8) is 0 Å². The van der Waals surface area contributed by atoms with Crippen molar-refractivity contribution in [3.8, 4) is 0 Å². The highest BCUT2D eigenvalue weighted by Gasteiger charge is 2.09. The molecule has 0 spiro atoms. The van der Waals surface area contributed by atoms with E-state index in [2.05, 4.69) is 16.9 Å². The minimum Gasteiger partial charge on any atom is -0.396 e. The Labute approximate surface area is 76.8 Å². The van der Waals surface area contributed by atoms with Crippen LogP contribution in [0.15, 0.2) is 0 Å². The smallest absolute Gasteiger partial charge is 0.396 e. The van der Waals surface area contributed by atoms with Gasteiger partial charge in [0.05, 0.1) is 0 Å². The predicted octanol–water partition coefficient (Wildman–Crippen LogP) is -3.08. The van der Waals surface area contributed by atoms with Gasteiger partial charge in [0.15, 0.2) is 0 Å². The Balaban J connectivity index is 2.91. The van der Waals surface area contributed by atoms with E-state index in [4.69, 9.17) is 0 Å². The van der Waals surface area contributed by atoms with E-state index < -0.39 is 21.1 Å². The van der Waals surface area contributed by atoms with E-state index >= 15 is 0 Å². The minimum absolute atomic E-state index is 0.380. The van der Waals surface area contributed by atoms with Crippen LogP contribution in [0, 0.1) is 5.92 Å². The Morgan fingerprint density at radius 3 is 2.36 bits per heavy atom. The largest absolute Gasteiger partial charge is 0.506 e. The third kappa shape index (κ3) is 10.6. The maximum atomic E-state index is 10.0. The molecule has 0 bridgehead atoms. The average Bonchev–Trinajstić information content (AvgIpc) is 1.85. The summed E-state index contributed by atoms with van der Waals surface area (Å²) in [5.74, 6) is 0.698. The van der Waals surface area contributed by atoms with Gasteiger partial charge in [0, 0.05) is 0 Å². The summed E-state index contributed by atoms with van der Waals surface area (Å²) in [6.07, 6.45) is 3.06. The molecule has 0 aliphatic carbocycles. The normalized spacial score (nSPS) is 11.5. The molecule has 0 atom stereocenters. The van der Waals surface area contributed by atoms with Gasteiger partial charge in [-0.3, -0.25) is 0 Å². The summed E-state index contributed by atoms with van der Waals surface area (Å²) >= 11 is -3.38. The van der Waals surface area contributed by atoms with Gasteiger partial charge in [-0.1, -0.05) is 26.7 Å². The molecule has 0 aromatic carbocycles. The van der Waals surface area contributed by atoms with E-state index in [0.717, 1.165) is 19.3 Å². The summed E-state index contributed by atoms with van der Waals surface area (Å²) < 4.78 is 24.5. The van der Waals surface area contributed by atoms with E-state index in [0.29, 0.717) is 12.5 Å². The summed E-state index contributed by atoms with van der Waals surface area (Å²) in [5.41, 5.74) is 0. The third-order valence-electron chi connectivity index (χ3n) is 1.34. The monoisotopic (exact) mass is 274 g/mol. The van der Waals surface area contributed by atoms with Crippen LogP contribution < -0.4 is 27.9 Å². The van der Waals surface area contributed by atoms with Crippen molar-refractivity contribution in [1.29, 1.82) is 0 Å². The van der Waals surface area contributed by atoms with Gasteiger partial charge in [0.1, 0.15) is 6.61 Å². The fourth-order valence-electron chi connectivity index (χ4n) is 0.772. The van der Waals surface area contributed by atoms with Gasteiger partial charge in [-0.2, -0.15) is 0 Å². The molecule has 3 nitrogen and oxygen atoms in total. The van der Waals surface area contributed by atoms with E-state index in [1.165, 1.54) is 0 Å². The maximum Gasteiger partial charge on any atom is 0.506 e. The number of hydrogen-bond acceptors (Lipinski definition) is 3. The fourth-order valence-corrected chi connectivity index (χ4v) is 1.44. The molecule has 0 N–H and O–H groups in total. The second kappa shape index (κ2) is 7.27. The summed E-state index contributed by atoms with van der Waals surface area (Å²) in [7, 11) is 0. The molecule has 0 saturated carbocycles. The molecule has 0 aromatic rings. The third-order valence-corrected chi connectivity index (χ3v) is 2.29. The SMILES string of the molecule is CC(C)CCCCO[I+2]([O-])[O-]. The van der Waals surface area contributed by atoms with Gasteiger partial charge in [-0.25, -0.2) is 0 Å². The second-order valence-corrected chi connectivity index (χ2v) is 4.59. The second-order valence-electron chi connectivity index (χ2n) is 2.89. The average molecular weight is 274 g/mol. The molecule has 0 fully saturated rings. The molecule has 68 valence electrons. The van der Waals surface area contributed by atoms with Gasteiger partial charge in [0.2, 0.25) is 0 Å². The van der Waals surface area contributed by atoms with Gasteiger partial charge in [-0.05, 0) is 15.4 Å². The van der Waals surface area contributed by atoms with Gasteiger partial charge in [0.25, 0.3) is 0 Å². The Bertz CT molecular complexity index is 75.8. The zero-order chi connectivity index (χ0) is 8.69. The van der Waals surface area contributed by atoms with E-state index in [1.807, 2.05) is 0 Å². The first-order valence-corrected chi connectivity index (χ1v) is 6.46. The zero-order valence-corrected chi connectivity index (χ0v) is 9.17. The molecule has 0 aliphatic heterocycles. The molecule has 0 aliphatic rings. The van der Waals surface area contributed by atoms with Crippen LogP contribution in [-0.2, 0) is 3.07 Å². The van der Waals surface area contributed by atoms with Crippen LogP contribution in [0.5, 0.6) is 0 Å². The Hall–Kier alpha value is 0.610. The number of unbranched alkanes of at least 4 members (excludes halogenated alkanes) is 1. The van der Waals surface area contributed by atoms with Crippen LogP contribution >= 0.6 is 0 Å². The standard InChI is InChI=1S/C7H15IO3/c1-7(2)5-3-4-6-11-8(9)10/h7H,3-6H2,1-2H3. The van der Waals surface area contributed by atoms with Crippen LogP contribution in [0.3, 0.4) is 0 Å². The quantitative estimate of drug-likeness (QED) is 0.381. The molecule has 0 aromatic heterocycles. The van der Waals surface area contributed by atoms with Crippen LogP contribution in [0.1, 0.15) is 33.1 Å². The number of hydrogen-bond donors (Lipinski definition) is 0. The topological polar surface area (TPSA) is 55.3 Å². The molecule has 0 amide bonds. The lowest BCUT2D eigenvalue weighted by Crippen LogP contribution is -3.99. The van der Waals surface area contributed by atoms with E-state index in [-0.39, 0.29) is 0 Å². The van der Waals surface area contributed by atoms with Crippen LogP contribution in [0.4, 0.5) is 0 Å². The molecule has 4 heteroatoms. The van der Waals surface area contributed by atoms with Crippen molar-refractivity contribution in [2.24, 2.45) is 5.92 Å². The molecule has 0 saturated heterocycles. The van der Waals surface area contributed by atoms with Gasteiger partial charge in [-0.15, -0.1) is 0 Å². The molecular formula is C7H15IO3. The molecule has 0 radical (unpaired) electrons. The summed E-state index contributed by atoms with van der Waals surface area (Å²) in [5, 5.41) is 0. The highest BCUT2D eigenvalue weighted by atomic mass is 127. The van der Waals surface area contributed by atoms with E-state index in [1.54, 1.807) is 0 Å². The maximum absolute atomic E-state index is 10.0. The van der Waals surface area contributed by atoms with Crippen LogP contribution in [0.2, 0.25) is 0 Å². The van der Waals surface area contributed by atoms with Crippen molar-refractivity contribution in [2.45, 2.75) is 33.1 Å². The first-order chi connectivity index (χ1) is 5.13. The van der Waals surface area contributed by atoms with Crippen molar-refractivity contribution in [2.75, 3.05) is 6.61 Å². The Morgan fingerprint density at radius 1 is 1.27 bits per heavy atom.